The Kier molecular flexibility index (Phi) is 6.03. The summed E-state index contributed by atoms with van der Waals surface area (Å²) in [6, 6.07) is 12.2. The van der Waals surface area contributed by atoms with Crippen molar-refractivity contribution in [1.82, 2.24) is 14.5 Å². The molecule has 0 bridgehead atoms. The summed E-state index contributed by atoms with van der Waals surface area (Å²) in [6.07, 6.45) is -1.39. The number of furan rings is 1. The van der Waals surface area contributed by atoms with E-state index in [0.29, 0.717) is 28.7 Å². The standard InChI is InChI=1S/C24H21F3N4O3.ClH/c1-22(33)10-23(28,11-22)15-7-5-14(6-8-15)19-17(16-4-2-3-9-29-16)18-20(34-19)30-13-31(21(18)32)12-24(25,26)27;/h2-9,13,33H,10-12,28H2,1H3;1H/t22-,23-;. The lowest BCUT2D eigenvalue weighted by molar-refractivity contribution is -0.141. The smallest absolute Gasteiger partial charge is 0.406 e. The van der Waals surface area contributed by atoms with Crippen molar-refractivity contribution >= 4 is 23.5 Å². The monoisotopic (exact) mass is 506 g/mol. The number of aliphatic hydroxyl groups is 1. The normalized spacial score (nSPS) is 22.0. The Balaban J connectivity index is 0.00000289. The zero-order valence-corrected chi connectivity index (χ0v) is 19.4. The minimum Gasteiger partial charge on any atom is -0.437 e. The van der Waals surface area contributed by atoms with E-state index in [0.717, 1.165) is 11.9 Å². The van der Waals surface area contributed by atoms with E-state index in [4.69, 9.17) is 10.2 Å². The van der Waals surface area contributed by atoms with Gasteiger partial charge in [-0.15, -0.1) is 12.4 Å². The maximum atomic E-state index is 13.0. The first-order chi connectivity index (χ1) is 16.0. The first-order valence-electron chi connectivity index (χ1n) is 10.6. The van der Waals surface area contributed by atoms with Crippen LogP contribution in [0.3, 0.4) is 0 Å². The summed E-state index contributed by atoms with van der Waals surface area (Å²) in [5.74, 6) is 0.265. The van der Waals surface area contributed by atoms with Crippen LogP contribution in [0.5, 0.6) is 0 Å². The fourth-order valence-electron chi connectivity index (χ4n) is 4.76. The topological polar surface area (TPSA) is 107 Å². The zero-order valence-electron chi connectivity index (χ0n) is 18.5. The summed E-state index contributed by atoms with van der Waals surface area (Å²) in [6.45, 7) is 0.270. The Hall–Kier alpha value is -3.21. The lowest BCUT2D eigenvalue weighted by Crippen LogP contribution is -2.58. The van der Waals surface area contributed by atoms with E-state index in [2.05, 4.69) is 9.97 Å². The van der Waals surface area contributed by atoms with Gasteiger partial charge in [-0.1, -0.05) is 30.3 Å². The molecule has 0 saturated heterocycles. The largest absolute Gasteiger partial charge is 0.437 e. The van der Waals surface area contributed by atoms with Gasteiger partial charge in [0.25, 0.3) is 5.56 Å². The Morgan fingerprint density at radius 3 is 2.40 bits per heavy atom. The number of rotatable bonds is 4. The third-order valence-electron chi connectivity index (χ3n) is 6.06. The molecule has 3 heterocycles. The summed E-state index contributed by atoms with van der Waals surface area (Å²) in [5.41, 5.74) is 6.08. The van der Waals surface area contributed by atoms with Crippen LogP contribution in [0.2, 0.25) is 0 Å². The molecule has 0 spiro atoms. The minimum absolute atomic E-state index is 0. The fourth-order valence-corrected chi connectivity index (χ4v) is 4.76. The molecule has 0 atom stereocenters. The molecule has 0 aliphatic heterocycles. The van der Waals surface area contributed by atoms with E-state index >= 15 is 0 Å². The van der Waals surface area contributed by atoms with E-state index in [1.807, 2.05) is 12.1 Å². The van der Waals surface area contributed by atoms with Gasteiger partial charge in [0.2, 0.25) is 5.71 Å². The number of halogens is 4. The van der Waals surface area contributed by atoms with Crippen molar-refractivity contribution in [3.05, 3.63) is 70.9 Å². The number of alkyl halides is 3. The lowest BCUT2D eigenvalue weighted by Gasteiger charge is -2.49. The molecule has 184 valence electrons. The van der Waals surface area contributed by atoms with Gasteiger partial charge in [-0.3, -0.25) is 14.3 Å². The van der Waals surface area contributed by atoms with Gasteiger partial charge in [0.1, 0.15) is 24.0 Å². The lowest BCUT2D eigenvalue weighted by atomic mass is 9.63. The molecule has 3 aromatic heterocycles. The summed E-state index contributed by atoms with van der Waals surface area (Å²) < 4.78 is 45.3. The van der Waals surface area contributed by atoms with Gasteiger partial charge in [0.05, 0.1) is 16.9 Å². The number of hydrogen-bond acceptors (Lipinski definition) is 6. The second kappa shape index (κ2) is 8.47. The first kappa shape index (κ1) is 24.9. The van der Waals surface area contributed by atoms with Crippen molar-refractivity contribution in [3.8, 4) is 22.6 Å². The number of hydrogen-bond donors (Lipinski definition) is 2. The van der Waals surface area contributed by atoms with E-state index in [9.17, 15) is 23.1 Å². The molecule has 1 fully saturated rings. The van der Waals surface area contributed by atoms with Crippen LogP contribution in [0.4, 0.5) is 13.2 Å². The molecule has 7 nitrogen and oxygen atoms in total. The number of benzene rings is 1. The quantitative estimate of drug-likeness (QED) is 0.425. The molecular weight excluding hydrogens is 485 g/mol. The van der Waals surface area contributed by atoms with E-state index < -0.39 is 29.4 Å². The van der Waals surface area contributed by atoms with Gasteiger partial charge in [0.15, 0.2) is 0 Å². The molecule has 3 N–H and O–H groups in total. The van der Waals surface area contributed by atoms with Crippen molar-refractivity contribution in [2.24, 2.45) is 5.73 Å². The summed E-state index contributed by atoms with van der Waals surface area (Å²) in [7, 11) is 0. The summed E-state index contributed by atoms with van der Waals surface area (Å²) in [4.78, 5) is 21.3. The number of nitrogens with two attached hydrogens (primary N) is 1. The first-order valence-corrected chi connectivity index (χ1v) is 10.6. The fraction of sp³-hybridized carbons (Fsp3) is 0.292. The number of pyridine rings is 1. The molecule has 1 aliphatic rings. The molecule has 5 rings (SSSR count). The van der Waals surface area contributed by atoms with E-state index in [-0.39, 0.29) is 34.8 Å². The third kappa shape index (κ3) is 4.56. The predicted molar refractivity (Wildman–Crippen MR) is 126 cm³/mol. The van der Waals surface area contributed by atoms with Crippen molar-refractivity contribution in [1.29, 1.82) is 0 Å². The number of fused-ring (bicyclic) bond motifs is 1. The average molecular weight is 507 g/mol. The Bertz CT molecular complexity index is 1420. The summed E-state index contributed by atoms with van der Waals surface area (Å²) >= 11 is 0. The molecule has 0 unspecified atom stereocenters. The predicted octanol–water partition coefficient (Wildman–Crippen LogP) is 4.40. The molecule has 1 aliphatic carbocycles. The van der Waals surface area contributed by atoms with Crippen molar-refractivity contribution in [3.63, 3.8) is 0 Å². The molecule has 1 saturated carbocycles. The van der Waals surface area contributed by atoms with Gasteiger partial charge >= 0.3 is 6.18 Å². The van der Waals surface area contributed by atoms with Crippen LogP contribution in [-0.2, 0) is 12.1 Å². The summed E-state index contributed by atoms with van der Waals surface area (Å²) in [5, 5.41) is 10.0. The minimum atomic E-state index is -4.59. The maximum Gasteiger partial charge on any atom is 0.406 e. The second-order valence-electron chi connectivity index (χ2n) is 9.08. The Morgan fingerprint density at radius 1 is 1.14 bits per heavy atom. The van der Waals surface area contributed by atoms with Gasteiger partial charge in [-0.2, -0.15) is 13.2 Å². The van der Waals surface area contributed by atoms with Crippen LogP contribution < -0.4 is 11.3 Å². The maximum absolute atomic E-state index is 13.0. The second-order valence-corrected chi connectivity index (χ2v) is 9.08. The average Bonchev–Trinajstić information content (AvgIpc) is 3.14. The zero-order chi connectivity index (χ0) is 24.3. The van der Waals surface area contributed by atoms with Crippen LogP contribution >= 0.6 is 12.4 Å². The highest BCUT2D eigenvalue weighted by Crippen LogP contribution is 2.46. The van der Waals surface area contributed by atoms with Crippen molar-refractivity contribution in [2.75, 3.05) is 0 Å². The highest BCUT2D eigenvalue weighted by atomic mass is 35.5. The third-order valence-corrected chi connectivity index (χ3v) is 6.06. The molecule has 11 heteroatoms. The van der Waals surface area contributed by atoms with Gasteiger partial charge in [-0.05, 0) is 37.5 Å². The van der Waals surface area contributed by atoms with Gasteiger partial charge in [0, 0.05) is 17.3 Å². The molecule has 4 aromatic rings. The highest BCUT2D eigenvalue weighted by Gasteiger charge is 2.49. The Morgan fingerprint density at radius 2 is 1.83 bits per heavy atom. The van der Waals surface area contributed by atoms with Gasteiger partial charge in [-0.25, -0.2) is 4.98 Å². The van der Waals surface area contributed by atoms with Crippen LogP contribution in [0.25, 0.3) is 33.7 Å². The highest BCUT2D eigenvalue weighted by molar-refractivity contribution is 5.98. The van der Waals surface area contributed by atoms with Gasteiger partial charge < -0.3 is 15.3 Å². The van der Waals surface area contributed by atoms with Crippen molar-refractivity contribution in [2.45, 2.75) is 43.6 Å². The molecular formula is C24H22ClF3N4O3. The number of aromatic nitrogens is 3. The van der Waals surface area contributed by atoms with Crippen LogP contribution in [-0.4, -0.2) is 31.4 Å². The van der Waals surface area contributed by atoms with Crippen LogP contribution in [0.15, 0.2) is 64.2 Å². The molecule has 0 radical (unpaired) electrons. The molecule has 1 aromatic carbocycles. The Labute approximate surface area is 203 Å². The molecule has 0 amide bonds. The van der Waals surface area contributed by atoms with E-state index in [1.165, 1.54) is 6.20 Å². The molecule has 35 heavy (non-hydrogen) atoms. The van der Waals surface area contributed by atoms with E-state index in [1.54, 1.807) is 37.3 Å². The number of nitrogens with zero attached hydrogens (tertiary/aromatic N) is 3. The van der Waals surface area contributed by atoms with Crippen molar-refractivity contribution < 1.29 is 22.7 Å². The van der Waals surface area contributed by atoms with Crippen LogP contribution in [0, 0.1) is 0 Å². The van der Waals surface area contributed by atoms with Crippen LogP contribution in [0.1, 0.15) is 25.3 Å². The SMILES string of the molecule is C[C@]1(O)C[C@@](N)(c2ccc(-c3oc4ncn(CC(F)(F)F)c(=O)c4c3-c3ccccn3)cc2)C1.Cl.